The molecule has 1 unspecified atom stereocenters. The van der Waals surface area contributed by atoms with E-state index in [-0.39, 0.29) is 11.3 Å². The molecule has 0 N–H and O–H groups in total. The van der Waals surface area contributed by atoms with Gasteiger partial charge in [-0.2, -0.15) is 0 Å². The molecular weight excluding hydrogens is 216 g/mol. The van der Waals surface area contributed by atoms with Crippen LogP contribution < -0.4 is 0 Å². The highest BCUT2D eigenvalue weighted by molar-refractivity contribution is 5.82. The third-order valence-electron chi connectivity index (χ3n) is 4.36. The SMILES string of the molecule is CC1(CCC2C(=O)CCCC2(C)C)OCCO1. The summed E-state index contributed by atoms with van der Waals surface area (Å²) in [6, 6.07) is 0. The van der Waals surface area contributed by atoms with Crippen LogP contribution in [0.15, 0.2) is 0 Å². The van der Waals surface area contributed by atoms with E-state index in [9.17, 15) is 4.79 Å². The zero-order valence-corrected chi connectivity index (χ0v) is 11.3. The molecule has 1 aliphatic carbocycles. The zero-order valence-electron chi connectivity index (χ0n) is 11.3. The second kappa shape index (κ2) is 4.69. The third kappa shape index (κ3) is 2.89. The summed E-state index contributed by atoms with van der Waals surface area (Å²) in [5.74, 6) is 0.164. The Hall–Kier alpha value is -0.410. The van der Waals surface area contributed by atoms with Crippen molar-refractivity contribution >= 4 is 5.78 Å². The molecular formula is C14H24O3. The molecule has 0 aromatic heterocycles. The van der Waals surface area contributed by atoms with Gasteiger partial charge in [-0.15, -0.1) is 0 Å². The monoisotopic (exact) mass is 240 g/mol. The van der Waals surface area contributed by atoms with Crippen molar-refractivity contribution in [1.82, 2.24) is 0 Å². The average Bonchev–Trinajstić information content (AvgIpc) is 2.64. The van der Waals surface area contributed by atoms with Crippen LogP contribution in [0.25, 0.3) is 0 Å². The number of carbonyl (C=O) groups is 1. The van der Waals surface area contributed by atoms with Gasteiger partial charge in [0, 0.05) is 18.8 Å². The topological polar surface area (TPSA) is 35.5 Å². The molecule has 1 atom stereocenters. The van der Waals surface area contributed by atoms with E-state index in [1.54, 1.807) is 0 Å². The van der Waals surface area contributed by atoms with Gasteiger partial charge < -0.3 is 9.47 Å². The smallest absolute Gasteiger partial charge is 0.165 e. The van der Waals surface area contributed by atoms with Crippen LogP contribution >= 0.6 is 0 Å². The Labute approximate surface area is 104 Å². The Morgan fingerprint density at radius 2 is 1.88 bits per heavy atom. The van der Waals surface area contributed by atoms with Gasteiger partial charge in [-0.05, 0) is 31.6 Å². The molecule has 0 spiro atoms. The second-order valence-corrected chi connectivity index (χ2v) is 6.23. The fourth-order valence-corrected chi connectivity index (χ4v) is 3.16. The number of carbonyl (C=O) groups excluding carboxylic acids is 1. The van der Waals surface area contributed by atoms with Crippen LogP contribution in [-0.4, -0.2) is 24.8 Å². The summed E-state index contributed by atoms with van der Waals surface area (Å²) in [5, 5.41) is 0. The van der Waals surface area contributed by atoms with Gasteiger partial charge in [0.15, 0.2) is 5.79 Å². The molecule has 0 bridgehead atoms. The molecule has 1 heterocycles. The fourth-order valence-electron chi connectivity index (χ4n) is 3.16. The van der Waals surface area contributed by atoms with Crippen LogP contribution in [-0.2, 0) is 14.3 Å². The average molecular weight is 240 g/mol. The van der Waals surface area contributed by atoms with Gasteiger partial charge in [0.05, 0.1) is 13.2 Å². The van der Waals surface area contributed by atoms with Crippen LogP contribution in [0.2, 0.25) is 0 Å². The van der Waals surface area contributed by atoms with E-state index in [1.807, 2.05) is 6.92 Å². The number of rotatable bonds is 3. The van der Waals surface area contributed by atoms with Gasteiger partial charge in [-0.1, -0.05) is 13.8 Å². The van der Waals surface area contributed by atoms with Crippen molar-refractivity contribution < 1.29 is 14.3 Å². The molecule has 0 aromatic carbocycles. The number of ether oxygens (including phenoxy) is 2. The Morgan fingerprint density at radius 3 is 2.47 bits per heavy atom. The Bertz CT molecular complexity index is 290. The highest BCUT2D eigenvalue weighted by Crippen LogP contribution is 2.42. The third-order valence-corrected chi connectivity index (χ3v) is 4.36. The van der Waals surface area contributed by atoms with E-state index in [0.29, 0.717) is 19.0 Å². The first-order valence-electron chi connectivity index (χ1n) is 6.74. The Kier molecular flexibility index (Phi) is 3.60. The first-order chi connectivity index (χ1) is 7.93. The summed E-state index contributed by atoms with van der Waals surface area (Å²) in [6.07, 6.45) is 4.68. The molecule has 98 valence electrons. The van der Waals surface area contributed by atoms with E-state index in [4.69, 9.17) is 9.47 Å². The van der Waals surface area contributed by atoms with Crippen molar-refractivity contribution in [3.63, 3.8) is 0 Å². The van der Waals surface area contributed by atoms with E-state index in [0.717, 1.165) is 32.1 Å². The maximum absolute atomic E-state index is 12.0. The lowest BCUT2D eigenvalue weighted by molar-refractivity contribution is -0.154. The lowest BCUT2D eigenvalue weighted by atomic mass is 9.66. The molecule has 1 aliphatic heterocycles. The normalized spacial score (nSPS) is 31.7. The van der Waals surface area contributed by atoms with Crippen LogP contribution in [0, 0.1) is 11.3 Å². The highest BCUT2D eigenvalue weighted by Gasteiger charge is 2.40. The number of hydrogen-bond donors (Lipinski definition) is 0. The molecule has 2 fully saturated rings. The lowest BCUT2D eigenvalue weighted by Crippen LogP contribution is -2.37. The van der Waals surface area contributed by atoms with Crippen LogP contribution in [0.4, 0.5) is 0 Å². The summed E-state index contributed by atoms with van der Waals surface area (Å²) >= 11 is 0. The maximum Gasteiger partial charge on any atom is 0.165 e. The van der Waals surface area contributed by atoms with E-state index in [1.165, 1.54) is 0 Å². The minimum absolute atomic E-state index is 0.143. The van der Waals surface area contributed by atoms with Crippen molar-refractivity contribution in [2.45, 2.75) is 58.7 Å². The summed E-state index contributed by atoms with van der Waals surface area (Å²) < 4.78 is 11.2. The first-order valence-corrected chi connectivity index (χ1v) is 6.74. The predicted molar refractivity (Wildman–Crippen MR) is 65.7 cm³/mol. The van der Waals surface area contributed by atoms with Crippen LogP contribution in [0.5, 0.6) is 0 Å². The van der Waals surface area contributed by atoms with Crippen molar-refractivity contribution in [2.75, 3.05) is 13.2 Å². The summed E-state index contributed by atoms with van der Waals surface area (Å²) in [6.45, 7) is 7.78. The van der Waals surface area contributed by atoms with Crippen LogP contribution in [0.1, 0.15) is 52.9 Å². The van der Waals surface area contributed by atoms with Gasteiger partial charge in [0.1, 0.15) is 5.78 Å². The molecule has 0 radical (unpaired) electrons. The minimum atomic E-state index is -0.451. The second-order valence-electron chi connectivity index (χ2n) is 6.23. The standard InChI is InChI=1S/C14H24O3/c1-13(2)7-4-5-12(15)11(13)6-8-14(3)16-9-10-17-14/h11H,4-10H2,1-3H3. The molecule has 3 nitrogen and oxygen atoms in total. The van der Waals surface area contributed by atoms with Gasteiger partial charge in [-0.25, -0.2) is 0 Å². The molecule has 1 saturated carbocycles. The Morgan fingerprint density at radius 1 is 1.24 bits per heavy atom. The minimum Gasteiger partial charge on any atom is -0.348 e. The van der Waals surface area contributed by atoms with Gasteiger partial charge in [-0.3, -0.25) is 4.79 Å². The Balaban J connectivity index is 1.94. The van der Waals surface area contributed by atoms with Crippen LogP contribution in [0.3, 0.4) is 0 Å². The first kappa shape index (κ1) is 13.0. The van der Waals surface area contributed by atoms with E-state index < -0.39 is 5.79 Å². The maximum atomic E-state index is 12.0. The van der Waals surface area contributed by atoms with Crippen molar-refractivity contribution in [1.29, 1.82) is 0 Å². The zero-order chi connectivity index (χ0) is 12.5. The summed E-state index contributed by atoms with van der Waals surface area (Å²) in [4.78, 5) is 12.0. The predicted octanol–water partition coefficient (Wildman–Crippen LogP) is 2.93. The molecule has 0 aromatic rings. The highest BCUT2D eigenvalue weighted by atomic mass is 16.7. The lowest BCUT2D eigenvalue weighted by Gasteiger charge is -2.38. The molecule has 17 heavy (non-hydrogen) atoms. The number of hydrogen-bond acceptors (Lipinski definition) is 3. The summed E-state index contributed by atoms with van der Waals surface area (Å²) in [5.41, 5.74) is 0.143. The molecule has 1 saturated heterocycles. The van der Waals surface area contributed by atoms with Gasteiger partial charge in [0.25, 0.3) is 0 Å². The molecule has 2 rings (SSSR count). The van der Waals surface area contributed by atoms with E-state index in [2.05, 4.69) is 13.8 Å². The van der Waals surface area contributed by atoms with Crippen molar-refractivity contribution in [3.8, 4) is 0 Å². The largest absolute Gasteiger partial charge is 0.348 e. The fraction of sp³-hybridized carbons (Fsp3) is 0.929. The molecule has 3 heteroatoms. The number of Topliss-reactive ketones (excluding diaryl/α,β-unsaturated/α-hetero) is 1. The van der Waals surface area contributed by atoms with Crippen molar-refractivity contribution in [2.24, 2.45) is 11.3 Å². The summed E-state index contributed by atoms with van der Waals surface area (Å²) in [7, 11) is 0. The molecule has 2 aliphatic rings. The van der Waals surface area contributed by atoms with E-state index >= 15 is 0 Å². The molecule has 0 amide bonds. The van der Waals surface area contributed by atoms with Gasteiger partial charge in [0.2, 0.25) is 0 Å². The number of ketones is 1. The van der Waals surface area contributed by atoms with Crippen molar-refractivity contribution in [3.05, 3.63) is 0 Å². The quantitative estimate of drug-likeness (QED) is 0.761. The van der Waals surface area contributed by atoms with Gasteiger partial charge >= 0.3 is 0 Å².